The second kappa shape index (κ2) is 4.18. The summed E-state index contributed by atoms with van der Waals surface area (Å²) in [6.45, 7) is 3.88. The molecule has 0 aromatic carbocycles. The smallest absolute Gasteiger partial charge is 0.174 e. The van der Waals surface area contributed by atoms with Gasteiger partial charge in [0.15, 0.2) is 11.6 Å². The van der Waals surface area contributed by atoms with Crippen LogP contribution < -0.4 is 11.3 Å². The van der Waals surface area contributed by atoms with Crippen molar-refractivity contribution < 1.29 is 0 Å². The Morgan fingerprint density at radius 1 is 1.38 bits per heavy atom. The van der Waals surface area contributed by atoms with Gasteiger partial charge < -0.3 is 5.43 Å². The van der Waals surface area contributed by atoms with Crippen LogP contribution in [0.25, 0.3) is 5.82 Å². The maximum Gasteiger partial charge on any atom is 0.174 e. The average Bonchev–Trinajstić information content (AvgIpc) is 2.57. The normalized spacial score (nSPS) is 10.5. The van der Waals surface area contributed by atoms with Crippen molar-refractivity contribution in [1.82, 2.24) is 19.7 Å². The molecule has 16 heavy (non-hydrogen) atoms. The fourth-order valence-electron chi connectivity index (χ4n) is 1.37. The molecule has 0 amide bonds. The van der Waals surface area contributed by atoms with Gasteiger partial charge in [0.25, 0.3) is 0 Å². The van der Waals surface area contributed by atoms with Crippen LogP contribution in [0.15, 0.2) is 16.9 Å². The molecule has 0 bridgehead atoms. The molecule has 2 aromatic heterocycles. The highest BCUT2D eigenvalue weighted by molar-refractivity contribution is 9.10. The first-order valence-electron chi connectivity index (χ1n) is 4.64. The van der Waals surface area contributed by atoms with E-state index in [1.807, 2.05) is 13.8 Å². The molecule has 0 saturated heterocycles. The molecule has 2 aromatic rings. The van der Waals surface area contributed by atoms with Gasteiger partial charge in [0.05, 0.1) is 28.3 Å². The van der Waals surface area contributed by atoms with Crippen molar-refractivity contribution >= 4 is 21.7 Å². The summed E-state index contributed by atoms with van der Waals surface area (Å²) in [4.78, 5) is 8.29. The van der Waals surface area contributed by atoms with Crippen LogP contribution in [-0.4, -0.2) is 19.7 Å². The number of aryl methyl sites for hydroxylation is 1. The Morgan fingerprint density at radius 2 is 2.12 bits per heavy atom. The molecule has 2 rings (SSSR count). The lowest BCUT2D eigenvalue weighted by atomic mass is 10.4. The molecule has 0 spiro atoms. The van der Waals surface area contributed by atoms with E-state index in [9.17, 15) is 0 Å². The molecule has 0 saturated carbocycles. The zero-order chi connectivity index (χ0) is 11.7. The summed E-state index contributed by atoms with van der Waals surface area (Å²) in [6.07, 6.45) is 3.18. The third-order valence-electron chi connectivity index (χ3n) is 2.19. The van der Waals surface area contributed by atoms with Crippen LogP contribution in [0.2, 0.25) is 0 Å². The summed E-state index contributed by atoms with van der Waals surface area (Å²) >= 11 is 3.46. The molecule has 6 nitrogen and oxygen atoms in total. The van der Waals surface area contributed by atoms with Crippen LogP contribution in [0.5, 0.6) is 0 Å². The summed E-state index contributed by atoms with van der Waals surface area (Å²) in [5.74, 6) is 6.41. The van der Waals surface area contributed by atoms with Crippen molar-refractivity contribution in [2.24, 2.45) is 5.84 Å². The van der Waals surface area contributed by atoms with Gasteiger partial charge in [-0.25, -0.2) is 15.5 Å². The minimum Gasteiger partial charge on any atom is -0.307 e. The van der Waals surface area contributed by atoms with Gasteiger partial charge in [-0.15, -0.1) is 0 Å². The van der Waals surface area contributed by atoms with Gasteiger partial charge in [0, 0.05) is 0 Å². The van der Waals surface area contributed by atoms with Gasteiger partial charge in [-0.05, 0) is 29.8 Å². The minimum absolute atomic E-state index is 0.501. The van der Waals surface area contributed by atoms with Crippen LogP contribution in [0, 0.1) is 13.8 Å². The van der Waals surface area contributed by atoms with Crippen LogP contribution in [0.3, 0.4) is 0 Å². The van der Waals surface area contributed by atoms with Gasteiger partial charge in [0.2, 0.25) is 0 Å². The number of halogens is 1. The van der Waals surface area contributed by atoms with Gasteiger partial charge in [-0.3, -0.25) is 4.98 Å². The Balaban J connectivity index is 2.54. The van der Waals surface area contributed by atoms with Gasteiger partial charge >= 0.3 is 0 Å². The van der Waals surface area contributed by atoms with E-state index in [1.54, 1.807) is 17.1 Å². The Labute approximate surface area is 101 Å². The number of rotatable bonds is 2. The largest absolute Gasteiger partial charge is 0.307 e. The number of nitrogen functional groups attached to an aromatic ring is 1. The summed E-state index contributed by atoms with van der Waals surface area (Å²) in [6, 6.07) is 0. The Morgan fingerprint density at radius 3 is 2.69 bits per heavy atom. The molecule has 2 heterocycles. The van der Waals surface area contributed by atoms with Crippen molar-refractivity contribution in [3.05, 3.63) is 28.3 Å². The fourth-order valence-corrected chi connectivity index (χ4v) is 1.62. The topological polar surface area (TPSA) is 81.7 Å². The number of nitrogens with one attached hydrogen (secondary N) is 1. The molecule has 84 valence electrons. The zero-order valence-corrected chi connectivity index (χ0v) is 10.5. The van der Waals surface area contributed by atoms with Crippen LogP contribution in [0.4, 0.5) is 5.82 Å². The summed E-state index contributed by atoms with van der Waals surface area (Å²) in [7, 11) is 0. The third kappa shape index (κ3) is 1.79. The van der Waals surface area contributed by atoms with E-state index in [-0.39, 0.29) is 0 Å². The van der Waals surface area contributed by atoms with E-state index >= 15 is 0 Å². The molecule has 0 aliphatic heterocycles. The monoisotopic (exact) mass is 282 g/mol. The van der Waals surface area contributed by atoms with Crippen LogP contribution in [-0.2, 0) is 0 Å². The van der Waals surface area contributed by atoms with E-state index in [0.29, 0.717) is 11.6 Å². The van der Waals surface area contributed by atoms with Gasteiger partial charge in [-0.2, -0.15) is 5.10 Å². The second-order valence-corrected chi connectivity index (χ2v) is 4.10. The van der Waals surface area contributed by atoms with Gasteiger partial charge in [0.1, 0.15) is 0 Å². The highest BCUT2D eigenvalue weighted by atomic mass is 79.9. The highest BCUT2D eigenvalue weighted by Crippen LogP contribution is 2.22. The van der Waals surface area contributed by atoms with E-state index < -0.39 is 0 Å². The van der Waals surface area contributed by atoms with Gasteiger partial charge in [-0.1, -0.05) is 0 Å². The highest BCUT2D eigenvalue weighted by Gasteiger charge is 2.11. The molecule has 0 radical (unpaired) electrons. The molecule has 0 atom stereocenters. The predicted octanol–water partition coefficient (Wildman–Crippen LogP) is 1.33. The molecule has 0 aliphatic carbocycles. The Kier molecular flexibility index (Phi) is 2.88. The number of anilines is 1. The fraction of sp³-hybridized carbons (Fsp3) is 0.222. The quantitative estimate of drug-likeness (QED) is 0.642. The molecule has 0 aliphatic rings. The zero-order valence-electron chi connectivity index (χ0n) is 8.90. The molecular weight excluding hydrogens is 272 g/mol. The van der Waals surface area contributed by atoms with E-state index in [1.165, 1.54) is 0 Å². The minimum atomic E-state index is 0.501. The Bertz CT molecular complexity index is 521. The Hall–Kier alpha value is -1.47. The van der Waals surface area contributed by atoms with E-state index in [0.717, 1.165) is 15.9 Å². The maximum atomic E-state index is 5.28. The van der Waals surface area contributed by atoms with Crippen molar-refractivity contribution in [3.8, 4) is 5.82 Å². The molecular formula is C9H11BrN6. The number of hydrogen-bond acceptors (Lipinski definition) is 5. The maximum absolute atomic E-state index is 5.28. The molecule has 7 heteroatoms. The van der Waals surface area contributed by atoms with E-state index in [4.69, 9.17) is 5.84 Å². The first-order valence-corrected chi connectivity index (χ1v) is 5.43. The summed E-state index contributed by atoms with van der Waals surface area (Å²) in [5.41, 5.74) is 4.33. The summed E-state index contributed by atoms with van der Waals surface area (Å²) in [5, 5.41) is 4.35. The first-order chi connectivity index (χ1) is 7.63. The number of nitrogens with zero attached hydrogens (tertiary/aromatic N) is 4. The molecule has 0 fully saturated rings. The SMILES string of the molecule is Cc1nn(-c2cncc(NN)n2)c(C)c1Br. The third-order valence-corrected chi connectivity index (χ3v) is 3.34. The lowest BCUT2D eigenvalue weighted by molar-refractivity contribution is 0.799. The van der Waals surface area contributed by atoms with Crippen molar-refractivity contribution in [3.63, 3.8) is 0 Å². The number of hydrazine groups is 1. The van der Waals surface area contributed by atoms with Crippen molar-refractivity contribution in [2.45, 2.75) is 13.8 Å². The lowest BCUT2D eigenvalue weighted by Gasteiger charge is -2.04. The molecule has 3 N–H and O–H groups in total. The van der Waals surface area contributed by atoms with E-state index in [2.05, 4.69) is 36.4 Å². The van der Waals surface area contributed by atoms with Crippen LogP contribution >= 0.6 is 15.9 Å². The predicted molar refractivity (Wildman–Crippen MR) is 64.1 cm³/mol. The van der Waals surface area contributed by atoms with Crippen molar-refractivity contribution in [1.29, 1.82) is 0 Å². The second-order valence-electron chi connectivity index (χ2n) is 3.30. The molecule has 0 unspecified atom stereocenters. The first kappa shape index (κ1) is 11.0. The number of aromatic nitrogens is 4. The van der Waals surface area contributed by atoms with Crippen molar-refractivity contribution in [2.75, 3.05) is 5.43 Å². The number of hydrogen-bond donors (Lipinski definition) is 2. The number of nitrogens with two attached hydrogens (primary N) is 1. The van der Waals surface area contributed by atoms with Crippen LogP contribution in [0.1, 0.15) is 11.4 Å². The average molecular weight is 283 g/mol. The standard InChI is InChI=1S/C9H11BrN6/c1-5-9(10)6(2)16(15-5)8-4-12-3-7(13-8)14-11/h3-4H,11H2,1-2H3,(H,13,14). The summed E-state index contributed by atoms with van der Waals surface area (Å²) < 4.78 is 2.69. The lowest BCUT2D eigenvalue weighted by Crippen LogP contribution is -2.11.